The Morgan fingerprint density at radius 2 is 1.89 bits per heavy atom. The van der Waals surface area contributed by atoms with Crippen molar-refractivity contribution < 1.29 is 18.2 Å². The summed E-state index contributed by atoms with van der Waals surface area (Å²) >= 11 is 0. The highest BCUT2D eigenvalue weighted by Crippen LogP contribution is 2.36. The molecule has 0 aliphatic carbocycles. The van der Waals surface area contributed by atoms with Crippen LogP contribution in [0.2, 0.25) is 18.1 Å². The molecule has 0 N–H and O–H groups in total. The summed E-state index contributed by atoms with van der Waals surface area (Å²) in [5, 5.41) is 8.18. The second-order valence-electron chi connectivity index (χ2n) is 7.85. The van der Waals surface area contributed by atoms with Gasteiger partial charge >= 0.3 is 0 Å². The zero-order chi connectivity index (χ0) is 20.1. The van der Waals surface area contributed by atoms with Crippen LogP contribution in [-0.2, 0) is 9.26 Å². The van der Waals surface area contributed by atoms with Gasteiger partial charge in [0.25, 0.3) is 5.89 Å². The fourth-order valence-electron chi connectivity index (χ4n) is 1.86. The minimum atomic E-state index is -1.98. The van der Waals surface area contributed by atoms with E-state index in [2.05, 4.69) is 49.2 Å². The highest BCUT2D eigenvalue weighted by molar-refractivity contribution is 6.74. The van der Waals surface area contributed by atoms with Gasteiger partial charge in [-0.05, 0) is 48.8 Å². The van der Waals surface area contributed by atoms with Gasteiger partial charge in [-0.3, -0.25) is 0 Å². The van der Waals surface area contributed by atoms with Gasteiger partial charge in [-0.25, -0.2) is 4.39 Å². The summed E-state index contributed by atoms with van der Waals surface area (Å²) in [7, 11) is -1.98. The molecule has 2 aromatic rings. The van der Waals surface area contributed by atoms with Crippen LogP contribution in [0.3, 0.4) is 0 Å². The number of aromatic nitrogens is 2. The van der Waals surface area contributed by atoms with E-state index >= 15 is 0 Å². The molecule has 0 saturated carbocycles. The molecule has 1 aromatic carbocycles. The topological polar surface area (TPSA) is 69.7 Å². The summed E-state index contributed by atoms with van der Waals surface area (Å²) in [6.07, 6.45) is 0.838. The minimum absolute atomic E-state index is 0.0660. The maximum absolute atomic E-state index is 13.1. The molecular formula is C19H28FN3O3Si. The van der Waals surface area contributed by atoms with Crippen molar-refractivity contribution in [3.63, 3.8) is 0 Å². The SMILES string of the molecule is CCCON=C(CO[Si](C)(C)C(C)(C)C)c1nc(-c2ccc(F)cc2)no1. The van der Waals surface area contributed by atoms with Gasteiger partial charge in [-0.15, -0.1) is 0 Å². The Labute approximate surface area is 160 Å². The van der Waals surface area contributed by atoms with E-state index in [0.29, 0.717) is 23.7 Å². The Morgan fingerprint density at radius 1 is 1.22 bits per heavy atom. The molecule has 0 unspecified atom stereocenters. The van der Waals surface area contributed by atoms with Crippen LogP contribution in [0.4, 0.5) is 4.39 Å². The molecule has 148 valence electrons. The molecule has 1 heterocycles. The number of oxime groups is 1. The number of hydrogen-bond donors (Lipinski definition) is 0. The van der Waals surface area contributed by atoms with Crippen molar-refractivity contribution in [2.45, 2.75) is 52.2 Å². The van der Waals surface area contributed by atoms with E-state index in [-0.39, 0.29) is 23.4 Å². The van der Waals surface area contributed by atoms with E-state index in [9.17, 15) is 4.39 Å². The lowest BCUT2D eigenvalue weighted by atomic mass is 10.2. The van der Waals surface area contributed by atoms with E-state index in [0.717, 1.165) is 6.42 Å². The molecule has 0 spiro atoms. The predicted molar refractivity (Wildman–Crippen MR) is 106 cm³/mol. The largest absolute Gasteiger partial charge is 0.411 e. The summed E-state index contributed by atoms with van der Waals surface area (Å²) in [5.74, 6) is 0.283. The molecule has 6 nitrogen and oxygen atoms in total. The van der Waals surface area contributed by atoms with E-state index in [4.69, 9.17) is 13.8 Å². The standard InChI is InChI=1S/C19H28FN3O3Si/c1-7-12-24-22-16(13-25-27(5,6)19(2,3)4)18-21-17(23-26-18)14-8-10-15(20)11-9-14/h8-11H,7,12-13H2,1-6H3. The first-order valence-corrected chi connectivity index (χ1v) is 12.0. The Morgan fingerprint density at radius 3 is 2.48 bits per heavy atom. The highest BCUT2D eigenvalue weighted by Gasteiger charge is 2.37. The van der Waals surface area contributed by atoms with Crippen LogP contribution in [0.25, 0.3) is 11.4 Å². The van der Waals surface area contributed by atoms with Crippen molar-refractivity contribution in [2.24, 2.45) is 5.16 Å². The number of halogens is 1. The smallest absolute Gasteiger partial charge is 0.278 e. The van der Waals surface area contributed by atoms with Gasteiger partial charge in [0.05, 0.1) is 6.61 Å². The molecule has 0 aliphatic heterocycles. The van der Waals surface area contributed by atoms with Gasteiger partial charge in [0.15, 0.2) is 14.0 Å². The van der Waals surface area contributed by atoms with Crippen molar-refractivity contribution in [3.8, 4) is 11.4 Å². The Bertz CT molecular complexity index is 767. The molecule has 0 fully saturated rings. The van der Waals surface area contributed by atoms with Gasteiger partial charge in [-0.2, -0.15) is 4.98 Å². The maximum atomic E-state index is 13.1. The van der Waals surface area contributed by atoms with E-state index < -0.39 is 8.32 Å². The first-order valence-electron chi connectivity index (χ1n) is 9.07. The third kappa shape index (κ3) is 5.70. The molecule has 27 heavy (non-hydrogen) atoms. The first kappa shape index (κ1) is 21.2. The number of rotatable bonds is 8. The van der Waals surface area contributed by atoms with Crippen LogP contribution >= 0.6 is 0 Å². The van der Waals surface area contributed by atoms with Crippen molar-refractivity contribution in [1.82, 2.24) is 10.1 Å². The molecular weight excluding hydrogens is 365 g/mol. The van der Waals surface area contributed by atoms with Crippen LogP contribution in [0.5, 0.6) is 0 Å². The van der Waals surface area contributed by atoms with Crippen LogP contribution in [0.15, 0.2) is 33.9 Å². The zero-order valence-corrected chi connectivity index (χ0v) is 17.9. The first-order chi connectivity index (χ1) is 12.6. The van der Waals surface area contributed by atoms with Crippen LogP contribution in [-0.4, -0.2) is 37.4 Å². The maximum Gasteiger partial charge on any atom is 0.278 e. The molecule has 0 aliphatic rings. The van der Waals surface area contributed by atoms with Crippen molar-refractivity contribution in [2.75, 3.05) is 13.2 Å². The Kier molecular flexibility index (Phi) is 6.88. The second-order valence-corrected chi connectivity index (χ2v) is 12.7. The molecule has 0 radical (unpaired) electrons. The highest BCUT2D eigenvalue weighted by atomic mass is 28.4. The third-order valence-corrected chi connectivity index (χ3v) is 9.10. The fourth-order valence-corrected chi connectivity index (χ4v) is 2.79. The average Bonchev–Trinajstić information content (AvgIpc) is 3.07. The van der Waals surface area contributed by atoms with Gasteiger partial charge < -0.3 is 13.8 Å². The van der Waals surface area contributed by atoms with E-state index in [1.807, 2.05) is 6.92 Å². The lowest BCUT2D eigenvalue weighted by Gasteiger charge is -2.35. The quantitative estimate of drug-likeness (QED) is 0.272. The van der Waals surface area contributed by atoms with Crippen molar-refractivity contribution >= 4 is 14.0 Å². The van der Waals surface area contributed by atoms with Crippen LogP contribution < -0.4 is 0 Å². The van der Waals surface area contributed by atoms with Gasteiger partial charge in [0.2, 0.25) is 5.82 Å². The summed E-state index contributed by atoms with van der Waals surface area (Å²) in [5.41, 5.74) is 1.11. The van der Waals surface area contributed by atoms with Crippen molar-refractivity contribution in [3.05, 3.63) is 36.0 Å². The van der Waals surface area contributed by atoms with Crippen LogP contribution in [0, 0.1) is 5.82 Å². The summed E-state index contributed by atoms with van der Waals surface area (Å²) in [6.45, 7) is 13.5. The number of nitrogens with zero attached hydrogens (tertiary/aromatic N) is 3. The predicted octanol–water partition coefficient (Wildman–Crippen LogP) is 5.03. The molecule has 0 amide bonds. The number of hydrogen-bond acceptors (Lipinski definition) is 6. The van der Waals surface area contributed by atoms with E-state index in [1.165, 1.54) is 12.1 Å². The summed E-state index contributed by atoms with van der Waals surface area (Å²) < 4.78 is 24.7. The van der Waals surface area contributed by atoms with Gasteiger partial charge in [-0.1, -0.05) is 38.0 Å². The number of benzene rings is 1. The fraction of sp³-hybridized carbons (Fsp3) is 0.526. The molecule has 0 saturated heterocycles. The van der Waals surface area contributed by atoms with E-state index in [1.54, 1.807) is 12.1 Å². The van der Waals surface area contributed by atoms with Gasteiger partial charge in [0.1, 0.15) is 12.4 Å². The molecule has 0 atom stereocenters. The summed E-state index contributed by atoms with van der Waals surface area (Å²) in [6, 6.07) is 5.90. The van der Waals surface area contributed by atoms with Crippen molar-refractivity contribution in [1.29, 1.82) is 0 Å². The zero-order valence-electron chi connectivity index (χ0n) is 16.9. The van der Waals surface area contributed by atoms with Gasteiger partial charge in [0, 0.05) is 5.56 Å². The molecule has 1 aromatic heterocycles. The third-order valence-electron chi connectivity index (χ3n) is 4.62. The molecule has 2 rings (SSSR count). The Hall–Kier alpha value is -2.06. The Balaban J connectivity index is 2.21. The molecule has 8 heteroatoms. The minimum Gasteiger partial charge on any atom is -0.411 e. The average molecular weight is 394 g/mol. The lowest BCUT2D eigenvalue weighted by Crippen LogP contribution is -2.42. The van der Waals surface area contributed by atoms with Crippen LogP contribution in [0.1, 0.15) is 40.0 Å². The molecule has 0 bridgehead atoms. The summed E-state index contributed by atoms with van der Waals surface area (Å²) in [4.78, 5) is 9.70. The lowest BCUT2D eigenvalue weighted by molar-refractivity contribution is 0.142. The monoisotopic (exact) mass is 393 g/mol. The second kappa shape index (κ2) is 8.75. The normalized spacial score (nSPS) is 13.1.